The average Bonchev–Trinajstić information content (AvgIpc) is 3.71. The Morgan fingerprint density at radius 3 is 0.636 bits per heavy atom. The Bertz CT molecular complexity index is 889. The van der Waals surface area contributed by atoms with Crippen LogP contribution >= 0.6 is 0 Å². The Hall–Kier alpha value is -0.480. The van der Waals surface area contributed by atoms with Crippen molar-refractivity contribution in [2.24, 2.45) is 70.3 Å². The maximum absolute atomic E-state index is 6.63. The van der Waals surface area contributed by atoms with Crippen LogP contribution in [-0.2, 0) is 0 Å². The summed E-state index contributed by atoms with van der Waals surface area (Å²) >= 11 is 0. The fourth-order valence-corrected chi connectivity index (χ4v) is 12.1. The largest absolute Gasteiger partial charge is 0.328 e. The van der Waals surface area contributed by atoms with Gasteiger partial charge in [-0.15, -0.1) is 0 Å². The highest BCUT2D eigenvalue weighted by molar-refractivity contribution is 5.10. The monoisotopic (exact) mass is 613 g/mol. The van der Waals surface area contributed by atoms with E-state index < -0.39 is 0 Å². The van der Waals surface area contributed by atoms with Crippen LogP contribution < -0.4 is 65.5 Å². The van der Waals surface area contributed by atoms with E-state index in [0.29, 0.717) is 71.5 Å². The Labute approximate surface area is 263 Å². The van der Waals surface area contributed by atoms with Crippen molar-refractivity contribution in [1.82, 2.24) is 42.5 Å². The van der Waals surface area contributed by atoms with E-state index in [9.17, 15) is 0 Å². The number of rotatable bonds is 0. The number of hydrogen-bond donors (Lipinski definition) is 12. The van der Waals surface area contributed by atoms with Gasteiger partial charge in [0, 0.05) is 24.2 Å². The Kier molecular flexibility index (Phi) is 7.81. The number of hydrogen-bond acceptors (Lipinski definition) is 12. The highest BCUT2D eigenvalue weighted by atomic mass is 15.4. The molecule has 0 aromatic heterocycles. The molecule has 0 amide bonds. The van der Waals surface area contributed by atoms with Gasteiger partial charge in [-0.2, -0.15) is 0 Å². The van der Waals surface area contributed by atoms with Crippen molar-refractivity contribution in [1.29, 1.82) is 0 Å². The molecule has 0 spiro atoms. The fraction of sp³-hybridized carbons (Fsp3) is 1.00. The van der Waals surface area contributed by atoms with Crippen LogP contribution in [-0.4, -0.2) is 73.5 Å². The molecule has 5 aliphatic heterocycles. The van der Waals surface area contributed by atoms with Gasteiger partial charge in [-0.3, -0.25) is 42.5 Å². The normalized spacial score (nSPS) is 60.3. The molecule has 0 aromatic carbocycles. The van der Waals surface area contributed by atoms with Crippen molar-refractivity contribution < 1.29 is 0 Å². The Balaban J connectivity index is 1.06. The van der Waals surface area contributed by atoms with Crippen LogP contribution in [0.2, 0.25) is 0 Å². The number of fused-ring (bicyclic) bond motifs is 20. The van der Waals surface area contributed by atoms with E-state index >= 15 is 0 Å². The van der Waals surface area contributed by atoms with E-state index in [4.69, 9.17) is 22.9 Å². The molecule has 9 rings (SSSR count). The summed E-state index contributed by atoms with van der Waals surface area (Å²) in [4.78, 5) is 0. The number of nitrogens with one attached hydrogen (secondary N) is 8. The summed E-state index contributed by atoms with van der Waals surface area (Å²) in [5, 5.41) is 33.1. The molecule has 12 unspecified atom stereocenters. The first kappa shape index (κ1) is 29.6. The molecule has 5 saturated heterocycles. The van der Waals surface area contributed by atoms with E-state index in [0.717, 1.165) is 51.4 Å². The van der Waals surface area contributed by atoms with Crippen molar-refractivity contribution in [3.05, 3.63) is 0 Å². The molecule has 0 radical (unpaired) electrons. The van der Waals surface area contributed by atoms with Crippen molar-refractivity contribution >= 4 is 0 Å². The summed E-state index contributed by atoms with van der Waals surface area (Å²) in [6.07, 6.45) is 15.5. The molecule has 0 aromatic rings. The third-order valence-corrected chi connectivity index (χ3v) is 14.3. The molecular weight excluding hydrogens is 552 g/mol. The average molecular weight is 613 g/mol. The van der Waals surface area contributed by atoms with Gasteiger partial charge in [-0.05, 0) is 124 Å². The van der Waals surface area contributed by atoms with Gasteiger partial charge >= 0.3 is 0 Å². The van der Waals surface area contributed by atoms with E-state index in [-0.39, 0.29) is 49.3 Å². The predicted molar refractivity (Wildman–Crippen MR) is 171 cm³/mol. The lowest BCUT2D eigenvalue weighted by Gasteiger charge is -2.38. The first-order chi connectivity index (χ1) is 21.4. The van der Waals surface area contributed by atoms with E-state index in [2.05, 4.69) is 42.5 Å². The van der Waals surface area contributed by atoms with Crippen LogP contribution in [0.25, 0.3) is 0 Å². The molecule has 5 heterocycles. The first-order valence-electron chi connectivity index (χ1n) is 18.5. The fourth-order valence-electron chi connectivity index (χ4n) is 12.1. The molecule has 4 saturated carbocycles. The zero-order chi connectivity index (χ0) is 29.7. The summed E-state index contributed by atoms with van der Waals surface area (Å²) in [5.41, 5.74) is 26.5. The topological polar surface area (TPSA) is 200 Å². The highest BCUT2D eigenvalue weighted by Crippen LogP contribution is 2.45. The molecule has 12 heteroatoms. The molecule has 4 aliphatic carbocycles. The van der Waals surface area contributed by atoms with Crippen molar-refractivity contribution in [3.8, 4) is 0 Å². The second-order valence-electron chi connectivity index (χ2n) is 16.8. The van der Waals surface area contributed by atoms with Gasteiger partial charge in [0.1, 0.15) is 0 Å². The summed E-state index contributed by atoms with van der Waals surface area (Å²) in [5.74, 6) is 4.37. The van der Waals surface area contributed by atoms with Crippen LogP contribution in [0.4, 0.5) is 0 Å². The van der Waals surface area contributed by atoms with Gasteiger partial charge in [0.15, 0.2) is 0 Å². The zero-order valence-corrected chi connectivity index (χ0v) is 26.3. The van der Waals surface area contributed by atoms with Crippen molar-refractivity contribution in [2.45, 2.75) is 151 Å². The second-order valence-corrected chi connectivity index (χ2v) is 16.8. The zero-order valence-electron chi connectivity index (χ0n) is 26.3. The minimum absolute atomic E-state index is 0.238. The van der Waals surface area contributed by atoms with Crippen molar-refractivity contribution in [3.63, 3.8) is 0 Å². The van der Waals surface area contributed by atoms with Crippen LogP contribution in [0.5, 0.6) is 0 Å². The predicted octanol–water partition coefficient (Wildman–Crippen LogP) is -1.65. The van der Waals surface area contributed by atoms with E-state index in [1.807, 2.05) is 0 Å². The van der Waals surface area contributed by atoms with Gasteiger partial charge in [0.2, 0.25) is 0 Å². The third kappa shape index (κ3) is 5.11. The lowest BCUT2D eigenvalue weighted by molar-refractivity contribution is 0.153. The maximum atomic E-state index is 6.63. The second kappa shape index (κ2) is 11.6. The molecule has 16 N–H and O–H groups in total. The minimum atomic E-state index is 0.238. The SMILES string of the molecule is NC1CCC2C3NC(NC4NC(NC5NC(NC6NC(N3)C3CC(N)CCC63)C3CC(N)CCC53)C3CC(N)CCC43)C2C1. The summed E-state index contributed by atoms with van der Waals surface area (Å²) in [6.45, 7) is 0. The lowest BCUT2D eigenvalue weighted by atomic mass is 9.74. The number of nitrogens with two attached hydrogens (primary N) is 4. The van der Waals surface area contributed by atoms with Gasteiger partial charge in [0.05, 0.1) is 49.3 Å². The molecule has 9 fully saturated rings. The molecule has 44 heavy (non-hydrogen) atoms. The molecule has 248 valence electrons. The van der Waals surface area contributed by atoms with E-state index in [1.165, 1.54) is 25.7 Å². The molecule has 12 nitrogen and oxygen atoms in total. The first-order valence-corrected chi connectivity index (χ1v) is 18.5. The summed E-state index contributed by atoms with van der Waals surface area (Å²) < 4.78 is 0. The third-order valence-electron chi connectivity index (χ3n) is 14.3. The van der Waals surface area contributed by atoms with Gasteiger partial charge in [-0.25, -0.2) is 0 Å². The summed E-state index contributed by atoms with van der Waals surface area (Å²) in [6, 6.07) is 1.16. The van der Waals surface area contributed by atoms with Crippen LogP contribution in [0, 0.1) is 47.3 Å². The Morgan fingerprint density at radius 1 is 0.250 bits per heavy atom. The maximum Gasteiger partial charge on any atom is 0.0629 e. The standard InChI is InChI=1S/C32H60N12/c33-13-1-5-17-21(9-13)29-37-25(17)41-30-22-10-14(34)2-6-18(22)27(38-30)43-32-24-12-16(36)4-8-20(24)28(40-32)44-31-23-11-15(35)3-7-19(23)26(39-31)42-29/h13-32,37-44H,1-12,33-36H2. The molecule has 8 bridgehead atoms. The molecular formula is C32H60N12. The van der Waals surface area contributed by atoms with Crippen LogP contribution in [0.15, 0.2) is 0 Å². The quantitative estimate of drug-likeness (QED) is 0.149. The van der Waals surface area contributed by atoms with Crippen LogP contribution in [0.1, 0.15) is 77.0 Å². The minimum Gasteiger partial charge on any atom is -0.328 e. The van der Waals surface area contributed by atoms with Gasteiger partial charge < -0.3 is 22.9 Å². The lowest BCUT2D eigenvalue weighted by Crippen LogP contribution is -2.61. The summed E-state index contributed by atoms with van der Waals surface area (Å²) in [7, 11) is 0. The molecule has 9 aliphatic rings. The van der Waals surface area contributed by atoms with Crippen molar-refractivity contribution in [2.75, 3.05) is 0 Å². The molecule has 12 atom stereocenters. The Morgan fingerprint density at radius 2 is 0.432 bits per heavy atom. The highest BCUT2D eigenvalue weighted by Gasteiger charge is 2.55. The van der Waals surface area contributed by atoms with Gasteiger partial charge in [0.25, 0.3) is 0 Å². The van der Waals surface area contributed by atoms with E-state index in [1.54, 1.807) is 0 Å². The van der Waals surface area contributed by atoms with Crippen LogP contribution in [0.3, 0.4) is 0 Å². The van der Waals surface area contributed by atoms with Gasteiger partial charge in [-0.1, -0.05) is 0 Å². The smallest absolute Gasteiger partial charge is 0.0629 e.